The molecule has 2 aromatic rings. The van der Waals surface area contributed by atoms with Crippen LogP contribution >= 0.6 is 0 Å². The van der Waals surface area contributed by atoms with Gasteiger partial charge in [-0.1, -0.05) is 26.0 Å². The van der Waals surface area contributed by atoms with Gasteiger partial charge in [0.25, 0.3) is 0 Å². The number of carboxylic acid groups (broad SMARTS) is 1. The van der Waals surface area contributed by atoms with Gasteiger partial charge in [0.15, 0.2) is 17.9 Å². The molecule has 0 unspecified atom stereocenters. The van der Waals surface area contributed by atoms with Crippen molar-refractivity contribution >= 4 is 58.9 Å². The number of rotatable bonds is 21. The van der Waals surface area contributed by atoms with E-state index in [0.29, 0.717) is 0 Å². The molecule has 0 radical (unpaired) electrons. The lowest BCUT2D eigenvalue weighted by atomic mass is 9.72. The van der Waals surface area contributed by atoms with Gasteiger partial charge in [-0.05, 0) is 39.2 Å². The molecular weight excluding hydrogens is 955 g/mol. The van der Waals surface area contributed by atoms with Crippen LogP contribution in [-0.2, 0) is 59.0 Å². The normalized spacial score (nSPS) is 22.9. The molecule has 12 N–H and O–H groups in total. The van der Waals surface area contributed by atoms with Gasteiger partial charge in [-0.15, -0.1) is 0 Å². The monoisotopic (exact) mass is 1010 g/mol. The van der Waals surface area contributed by atoms with Crippen molar-refractivity contribution in [2.24, 2.45) is 11.7 Å². The summed E-state index contributed by atoms with van der Waals surface area (Å²) < 4.78 is 22.2. The van der Waals surface area contributed by atoms with Crippen LogP contribution in [0.15, 0.2) is 18.2 Å². The molecule has 25 heteroatoms. The zero-order valence-corrected chi connectivity index (χ0v) is 40.1. The SMILES string of the molecule is COc1cccc2c1C(=O)c1c(O)c3c(c(O)c1C2=O)C[C@@](O)(C(=O)CO)C[C@@H]3O[C@H]1C[C@H](N[C@@H](CC(C)C)C(=O)N[C@@H](CC(N)=O)C(=O)N[C@@H](C)C(=O)N[C@@H](C)C(=O)OC(=O)CCC(=O)O)[C@H](O)[C@H](C)O1. The van der Waals surface area contributed by atoms with Gasteiger partial charge in [0.1, 0.15) is 47.6 Å². The van der Waals surface area contributed by atoms with E-state index >= 15 is 0 Å². The Morgan fingerprint density at radius 2 is 1.51 bits per heavy atom. The number of methoxy groups -OCH3 is 1. The lowest BCUT2D eigenvalue weighted by Gasteiger charge is -2.43. The maximum atomic E-state index is 14.1. The van der Waals surface area contributed by atoms with E-state index in [1.807, 2.05) is 0 Å². The van der Waals surface area contributed by atoms with Crippen LogP contribution < -0.4 is 31.7 Å². The number of nitrogens with two attached hydrogens (primary N) is 1. The molecule has 0 aromatic heterocycles. The second kappa shape index (κ2) is 23.1. The lowest BCUT2D eigenvalue weighted by molar-refractivity contribution is -0.250. The largest absolute Gasteiger partial charge is 0.507 e. The van der Waals surface area contributed by atoms with Crippen molar-refractivity contribution in [2.45, 2.75) is 140 Å². The highest BCUT2D eigenvalue weighted by Gasteiger charge is 2.50. The summed E-state index contributed by atoms with van der Waals surface area (Å²) in [4.78, 5) is 129. The molecule has 5 rings (SSSR count). The number of benzene rings is 2. The minimum Gasteiger partial charge on any atom is -0.507 e. The number of nitrogens with one attached hydrogen (secondary N) is 4. The van der Waals surface area contributed by atoms with Crippen LogP contribution in [0, 0.1) is 5.92 Å². The molecular formula is C47H59N5O20. The predicted octanol–water partition coefficient (Wildman–Crippen LogP) is -1.65. The standard InChI is InChI=1S/C47H59N5O20/c1-18(2)12-25(45(66)52-26(13-30(48)55)44(65)49-19(3)43(64)50-20(4)46(67)72-32(58)11-10-31(56)57)51-24-14-33(70-21(5)38(24)59)71-28-16-47(68,29(54)17-53)15-23-35(28)42(63)37-36(40(23)61)39(60)22-8-7-9-27(69-6)34(22)41(37)62/h7-9,18-21,24-26,28,33,38,51,53,59,61,63,68H,10-17H2,1-6H3,(H2,48,55)(H,49,65)(H,50,64)(H,52,66)(H,56,57)/t19-,20-,21-,24-,25-,26-,28-,33-,38+,47-/m0/s1. The summed E-state index contributed by atoms with van der Waals surface area (Å²) in [6, 6.07) is -2.67. The molecule has 2 aliphatic carbocycles. The number of aliphatic hydroxyl groups is 3. The van der Waals surface area contributed by atoms with Gasteiger partial charge < -0.3 is 76.6 Å². The highest BCUT2D eigenvalue weighted by molar-refractivity contribution is 6.31. The Hall–Kier alpha value is -6.90. The van der Waals surface area contributed by atoms with Crippen molar-refractivity contribution < 1.29 is 97.5 Å². The molecule has 2 aromatic carbocycles. The van der Waals surface area contributed by atoms with E-state index in [1.165, 1.54) is 39.2 Å². The fourth-order valence-corrected chi connectivity index (χ4v) is 8.78. The number of amides is 4. The van der Waals surface area contributed by atoms with Crippen LogP contribution in [0.25, 0.3) is 0 Å². The summed E-state index contributed by atoms with van der Waals surface area (Å²) in [6.45, 7) is 6.18. The quantitative estimate of drug-likeness (QED) is 0.0323. The Morgan fingerprint density at radius 3 is 2.12 bits per heavy atom. The summed E-state index contributed by atoms with van der Waals surface area (Å²) in [5, 5.41) is 75.4. The summed E-state index contributed by atoms with van der Waals surface area (Å²) >= 11 is 0. The number of aliphatic carboxylic acids is 1. The molecule has 0 spiro atoms. The number of hydrogen-bond donors (Lipinski definition) is 11. The van der Waals surface area contributed by atoms with Crippen LogP contribution in [0.4, 0.5) is 0 Å². The Bertz CT molecular complexity index is 2530. The van der Waals surface area contributed by atoms with Gasteiger partial charge in [0.05, 0.1) is 67.4 Å². The van der Waals surface area contributed by atoms with Crippen molar-refractivity contribution in [2.75, 3.05) is 13.7 Å². The number of phenols is 2. The van der Waals surface area contributed by atoms with Crippen molar-refractivity contribution in [3.8, 4) is 17.2 Å². The van der Waals surface area contributed by atoms with Crippen LogP contribution in [0.1, 0.15) is 122 Å². The number of carbonyl (C=O) groups excluding carboxylic acids is 9. The number of hydrogen-bond acceptors (Lipinski definition) is 20. The van der Waals surface area contributed by atoms with Gasteiger partial charge in [0.2, 0.25) is 29.4 Å². The number of fused-ring (bicyclic) bond motifs is 3. The first kappa shape index (κ1) is 56.0. The lowest BCUT2D eigenvalue weighted by Crippen LogP contribution is -2.61. The van der Waals surface area contributed by atoms with Crippen LogP contribution in [0.3, 0.4) is 0 Å². The van der Waals surface area contributed by atoms with Gasteiger partial charge in [-0.2, -0.15) is 0 Å². The van der Waals surface area contributed by atoms with Crippen molar-refractivity contribution in [3.63, 3.8) is 0 Å². The minimum absolute atomic E-state index is 0.000750. The van der Waals surface area contributed by atoms with Gasteiger partial charge in [-0.25, -0.2) is 4.79 Å². The molecule has 4 amide bonds. The van der Waals surface area contributed by atoms with Crippen molar-refractivity contribution in [1.29, 1.82) is 0 Å². The number of primary amides is 1. The number of phenolic OH excluding ortho intramolecular Hbond substituents is 2. The number of esters is 2. The van der Waals surface area contributed by atoms with E-state index in [1.54, 1.807) is 13.8 Å². The Morgan fingerprint density at radius 1 is 0.875 bits per heavy atom. The molecule has 1 saturated heterocycles. The Kier molecular flexibility index (Phi) is 18.0. The topological polar surface area (TPSA) is 403 Å². The number of aromatic hydroxyl groups is 2. The average Bonchev–Trinajstić information content (AvgIpc) is 3.30. The highest BCUT2D eigenvalue weighted by atomic mass is 16.7. The van der Waals surface area contributed by atoms with E-state index in [4.69, 9.17) is 25.1 Å². The molecule has 0 saturated carbocycles. The van der Waals surface area contributed by atoms with E-state index in [-0.39, 0.29) is 46.8 Å². The number of carbonyl (C=O) groups is 10. The third-order valence-electron chi connectivity index (χ3n) is 12.5. The fraction of sp³-hybridized carbons (Fsp3) is 0.532. The van der Waals surface area contributed by atoms with E-state index in [2.05, 4.69) is 26.0 Å². The van der Waals surface area contributed by atoms with Gasteiger partial charge in [-0.3, -0.25) is 43.2 Å². The van der Waals surface area contributed by atoms with E-state index in [9.17, 15) is 73.5 Å². The van der Waals surface area contributed by atoms with Crippen LogP contribution in [0.5, 0.6) is 17.2 Å². The van der Waals surface area contributed by atoms with Crippen molar-refractivity contribution in [3.05, 3.63) is 51.6 Å². The van der Waals surface area contributed by atoms with Gasteiger partial charge >= 0.3 is 17.9 Å². The first-order chi connectivity index (χ1) is 33.7. The highest BCUT2D eigenvalue weighted by Crippen LogP contribution is 2.52. The van der Waals surface area contributed by atoms with E-state index in [0.717, 1.165) is 6.92 Å². The zero-order chi connectivity index (χ0) is 53.7. The minimum atomic E-state index is -2.46. The summed E-state index contributed by atoms with van der Waals surface area (Å²) in [7, 11) is 1.27. The first-order valence-electron chi connectivity index (χ1n) is 22.9. The molecule has 72 heavy (non-hydrogen) atoms. The molecule has 1 aliphatic heterocycles. The molecule has 3 aliphatic rings. The van der Waals surface area contributed by atoms with E-state index < -0.39 is 181 Å². The molecule has 10 atom stereocenters. The smallest absolute Gasteiger partial charge is 0.335 e. The summed E-state index contributed by atoms with van der Waals surface area (Å²) in [6.07, 6.45) is -9.08. The zero-order valence-electron chi connectivity index (χ0n) is 40.1. The number of ketones is 3. The predicted molar refractivity (Wildman–Crippen MR) is 243 cm³/mol. The second-order valence-electron chi connectivity index (χ2n) is 18.3. The number of Topliss-reactive ketones (excluding diaryl/α,β-unsaturated/α-hetero) is 1. The van der Waals surface area contributed by atoms with Gasteiger partial charge in [0, 0.05) is 42.0 Å². The van der Waals surface area contributed by atoms with Crippen LogP contribution in [0.2, 0.25) is 0 Å². The molecule has 1 heterocycles. The van der Waals surface area contributed by atoms with Crippen molar-refractivity contribution in [1.82, 2.24) is 21.3 Å². The molecule has 1 fully saturated rings. The average molecular weight is 1010 g/mol. The second-order valence-corrected chi connectivity index (χ2v) is 18.3. The third-order valence-corrected chi connectivity index (χ3v) is 12.5. The Labute approximate surface area is 411 Å². The molecule has 0 bridgehead atoms. The number of aliphatic hydroxyl groups excluding tert-OH is 2. The maximum absolute atomic E-state index is 14.1. The number of ether oxygens (including phenoxy) is 4. The molecule has 25 nitrogen and oxygen atoms in total. The Balaban J connectivity index is 1.37. The molecule has 392 valence electrons. The maximum Gasteiger partial charge on any atom is 0.335 e. The third kappa shape index (κ3) is 12.4. The number of carboxylic acids is 1. The van der Waals surface area contributed by atoms with Crippen LogP contribution in [-0.4, -0.2) is 158 Å². The summed E-state index contributed by atoms with van der Waals surface area (Å²) in [5.74, 6) is -12.3. The summed E-state index contributed by atoms with van der Waals surface area (Å²) in [5.41, 5.74) is 0.792. The fourth-order valence-electron chi connectivity index (χ4n) is 8.78. The first-order valence-corrected chi connectivity index (χ1v) is 22.9.